The molecule has 1 aliphatic carbocycles. The Morgan fingerprint density at radius 2 is 1.90 bits per heavy atom. The van der Waals surface area contributed by atoms with Crippen molar-refractivity contribution in [2.45, 2.75) is 58.2 Å². The second kappa shape index (κ2) is 11.3. The lowest BCUT2D eigenvalue weighted by molar-refractivity contribution is -0.153. The number of aliphatic carboxylic acids is 1. The molecule has 0 radical (unpaired) electrons. The molecule has 0 unspecified atom stereocenters. The van der Waals surface area contributed by atoms with Gasteiger partial charge in [0.05, 0.1) is 17.9 Å². The van der Waals surface area contributed by atoms with Crippen LogP contribution in [0.3, 0.4) is 0 Å². The summed E-state index contributed by atoms with van der Waals surface area (Å²) >= 11 is 3.69. The van der Waals surface area contributed by atoms with Crippen molar-refractivity contribution < 1.29 is 28.6 Å². The van der Waals surface area contributed by atoms with Crippen LogP contribution >= 0.6 is 15.9 Å². The predicted octanol–water partition coefficient (Wildman–Crippen LogP) is 4.69. The fraction of sp³-hybridized carbons (Fsp3) is 0.433. The summed E-state index contributed by atoms with van der Waals surface area (Å²) in [6.07, 6.45) is 3.21. The second-order valence-electron chi connectivity index (χ2n) is 10.9. The minimum atomic E-state index is -0.927. The molecule has 2 amide bonds. The highest BCUT2D eigenvalue weighted by Crippen LogP contribution is 2.43. The normalized spacial score (nSPS) is 21.9. The minimum absolute atomic E-state index is 0.0490. The molecule has 1 aromatic heterocycles. The summed E-state index contributed by atoms with van der Waals surface area (Å²) in [7, 11) is 0. The number of nitrogens with zero attached hydrogens (tertiary/aromatic N) is 4. The molecule has 11 heteroatoms. The lowest BCUT2D eigenvalue weighted by Crippen LogP contribution is -2.50. The van der Waals surface area contributed by atoms with Crippen LogP contribution in [0.25, 0.3) is 0 Å². The van der Waals surface area contributed by atoms with Gasteiger partial charge in [0.25, 0.3) is 11.8 Å². The fourth-order valence-corrected chi connectivity index (χ4v) is 7.04. The summed E-state index contributed by atoms with van der Waals surface area (Å²) in [5.41, 5.74) is 3.42. The molecule has 0 spiro atoms. The van der Waals surface area contributed by atoms with Crippen molar-refractivity contribution in [3.63, 3.8) is 0 Å². The molecule has 0 bridgehead atoms. The standard InChI is InChI=1S/C30H31BrN4O6/c1-17-32-33-26(41-17)16-40-25-11-10-23(31)22-12-13-35(29(37)20-8-4-5-9-21(20)30(38)39)24(27(22)25)15-34-14-18-6-2-3-7-19(18)28(34)36/h2-3,6-7,10-11,20-21,24H,4-5,8-9,12-16H2,1H3,(H,38,39)/t20-,21+,24-/m1/s1. The van der Waals surface area contributed by atoms with Gasteiger partial charge < -0.3 is 24.1 Å². The summed E-state index contributed by atoms with van der Waals surface area (Å²) in [6, 6.07) is 10.8. The Balaban J connectivity index is 1.38. The minimum Gasteiger partial charge on any atom is -0.483 e. The Labute approximate surface area is 245 Å². The Hall–Kier alpha value is -3.73. The molecule has 1 N–H and O–H groups in total. The molecular weight excluding hydrogens is 592 g/mol. The van der Waals surface area contributed by atoms with Crippen molar-refractivity contribution in [1.29, 1.82) is 0 Å². The number of rotatable bonds is 7. The van der Waals surface area contributed by atoms with E-state index in [4.69, 9.17) is 9.15 Å². The van der Waals surface area contributed by atoms with Crippen molar-refractivity contribution in [3.05, 3.63) is 74.9 Å². The van der Waals surface area contributed by atoms with Gasteiger partial charge in [0.1, 0.15) is 5.75 Å². The first-order valence-corrected chi connectivity index (χ1v) is 14.7. The highest BCUT2D eigenvalue weighted by atomic mass is 79.9. The smallest absolute Gasteiger partial charge is 0.307 e. The Morgan fingerprint density at radius 1 is 1.12 bits per heavy atom. The fourth-order valence-electron chi connectivity index (χ4n) is 6.50. The number of hydrogen-bond acceptors (Lipinski definition) is 7. The van der Waals surface area contributed by atoms with E-state index in [1.54, 1.807) is 16.7 Å². The van der Waals surface area contributed by atoms with Crippen molar-refractivity contribution in [2.75, 3.05) is 13.1 Å². The van der Waals surface area contributed by atoms with Crippen molar-refractivity contribution in [1.82, 2.24) is 20.0 Å². The van der Waals surface area contributed by atoms with E-state index in [1.165, 1.54) is 0 Å². The number of amides is 2. The van der Waals surface area contributed by atoms with Gasteiger partial charge in [-0.1, -0.05) is 47.0 Å². The number of hydrogen-bond donors (Lipinski definition) is 1. The van der Waals surface area contributed by atoms with Crippen LogP contribution in [0.2, 0.25) is 0 Å². The zero-order valence-electron chi connectivity index (χ0n) is 22.7. The van der Waals surface area contributed by atoms with Crippen LogP contribution in [0.5, 0.6) is 5.75 Å². The van der Waals surface area contributed by atoms with Crippen molar-refractivity contribution >= 4 is 33.7 Å². The maximum atomic E-state index is 14.2. The maximum absolute atomic E-state index is 14.2. The Kier molecular flexibility index (Phi) is 7.54. The molecular formula is C30H31BrN4O6. The quantitative estimate of drug-likeness (QED) is 0.402. The number of fused-ring (bicyclic) bond motifs is 2. The molecule has 1 saturated carbocycles. The van der Waals surface area contributed by atoms with Crippen LogP contribution in [0.1, 0.15) is 70.6 Å². The van der Waals surface area contributed by atoms with E-state index in [1.807, 2.05) is 36.4 Å². The van der Waals surface area contributed by atoms with Gasteiger partial charge in [-0.05, 0) is 48.6 Å². The molecule has 3 atom stereocenters. The van der Waals surface area contributed by atoms with Gasteiger partial charge in [-0.15, -0.1) is 10.2 Å². The molecule has 3 aromatic rings. The highest BCUT2D eigenvalue weighted by molar-refractivity contribution is 9.10. The van der Waals surface area contributed by atoms with E-state index >= 15 is 0 Å². The number of ether oxygens (including phenoxy) is 1. The number of carbonyl (C=O) groups is 3. The molecule has 214 valence electrons. The largest absolute Gasteiger partial charge is 0.483 e. The van der Waals surface area contributed by atoms with Crippen LogP contribution < -0.4 is 4.74 Å². The maximum Gasteiger partial charge on any atom is 0.307 e. The molecule has 10 nitrogen and oxygen atoms in total. The van der Waals surface area contributed by atoms with E-state index in [0.717, 1.165) is 34.0 Å². The van der Waals surface area contributed by atoms with Crippen LogP contribution in [0.15, 0.2) is 45.3 Å². The molecule has 0 saturated heterocycles. The monoisotopic (exact) mass is 622 g/mol. The average molecular weight is 624 g/mol. The SMILES string of the molecule is Cc1nnc(COc2ccc(Br)c3c2[C@@H](CN2Cc4ccccc4C2=O)N(C(=O)[C@@H]2CCCC[C@@H]2C(=O)O)CC3)o1. The number of aromatic nitrogens is 2. The van der Waals surface area contributed by atoms with Gasteiger partial charge in [-0.3, -0.25) is 14.4 Å². The lowest BCUT2D eigenvalue weighted by Gasteiger charge is -2.43. The van der Waals surface area contributed by atoms with Gasteiger partial charge >= 0.3 is 5.97 Å². The molecule has 2 aliphatic heterocycles. The second-order valence-corrected chi connectivity index (χ2v) is 11.8. The van der Waals surface area contributed by atoms with E-state index in [2.05, 4.69) is 26.1 Å². The molecule has 6 rings (SSSR count). The molecule has 3 heterocycles. The third-order valence-corrected chi connectivity index (χ3v) is 9.21. The third-order valence-electron chi connectivity index (χ3n) is 8.46. The summed E-state index contributed by atoms with van der Waals surface area (Å²) in [6.45, 7) is 2.86. The van der Waals surface area contributed by atoms with E-state index < -0.39 is 23.8 Å². The molecule has 41 heavy (non-hydrogen) atoms. The summed E-state index contributed by atoms with van der Waals surface area (Å²) in [4.78, 5) is 43.3. The number of benzene rings is 2. The number of carbonyl (C=O) groups excluding carboxylic acids is 2. The lowest BCUT2D eigenvalue weighted by atomic mass is 9.77. The first kappa shape index (κ1) is 27.4. The third kappa shape index (κ3) is 5.23. The topological polar surface area (TPSA) is 126 Å². The van der Waals surface area contributed by atoms with E-state index in [9.17, 15) is 19.5 Å². The van der Waals surface area contributed by atoms with E-state index in [-0.39, 0.29) is 25.0 Å². The average Bonchev–Trinajstić information content (AvgIpc) is 3.54. The van der Waals surface area contributed by atoms with Crippen molar-refractivity contribution in [3.8, 4) is 5.75 Å². The number of carboxylic acids is 1. The van der Waals surface area contributed by atoms with Crippen molar-refractivity contribution in [2.24, 2.45) is 11.8 Å². The number of aryl methyl sites for hydroxylation is 1. The van der Waals surface area contributed by atoms with E-state index in [0.29, 0.717) is 55.4 Å². The highest BCUT2D eigenvalue weighted by Gasteiger charge is 2.44. The molecule has 2 aromatic carbocycles. The number of halogens is 1. The zero-order chi connectivity index (χ0) is 28.7. The van der Waals surface area contributed by atoms with Crippen LogP contribution in [-0.2, 0) is 29.2 Å². The Morgan fingerprint density at radius 3 is 2.63 bits per heavy atom. The van der Waals surface area contributed by atoms with Gasteiger partial charge in [0.15, 0.2) is 6.61 Å². The van der Waals surface area contributed by atoms with Crippen LogP contribution in [-0.4, -0.2) is 56.0 Å². The van der Waals surface area contributed by atoms with Gasteiger partial charge in [-0.2, -0.15) is 0 Å². The molecule has 3 aliphatic rings. The number of carboxylic acid groups (broad SMARTS) is 1. The summed E-state index contributed by atoms with van der Waals surface area (Å²) < 4.78 is 12.6. The molecule has 1 fully saturated rings. The van der Waals surface area contributed by atoms with Crippen LogP contribution in [0, 0.1) is 18.8 Å². The van der Waals surface area contributed by atoms with Gasteiger partial charge in [-0.25, -0.2) is 0 Å². The Bertz CT molecular complexity index is 1510. The summed E-state index contributed by atoms with van der Waals surface area (Å²) in [5.74, 6) is -1.17. The van der Waals surface area contributed by atoms with Crippen LogP contribution in [0.4, 0.5) is 0 Å². The predicted molar refractivity (Wildman–Crippen MR) is 150 cm³/mol. The zero-order valence-corrected chi connectivity index (χ0v) is 24.3. The first-order valence-electron chi connectivity index (χ1n) is 14.0. The summed E-state index contributed by atoms with van der Waals surface area (Å²) in [5, 5.41) is 17.8. The van der Waals surface area contributed by atoms with Gasteiger partial charge in [0.2, 0.25) is 11.8 Å². The first-order chi connectivity index (χ1) is 19.8. The van der Waals surface area contributed by atoms with Gasteiger partial charge in [0, 0.05) is 42.2 Å².